The molecule has 0 radical (unpaired) electrons. The number of halogens is 1. The molecule has 0 aromatic heterocycles. The van der Waals surface area contributed by atoms with Crippen LogP contribution in [0.25, 0.3) is 0 Å². The molecule has 2 unspecified atom stereocenters. The average molecular weight is 366 g/mol. The highest BCUT2D eigenvalue weighted by molar-refractivity contribution is 5.94. The molecule has 1 aliphatic carbocycles. The Morgan fingerprint density at radius 2 is 1.88 bits per heavy atom. The molecule has 5 nitrogen and oxygen atoms in total. The predicted molar refractivity (Wildman–Crippen MR) is 102 cm³/mol. The van der Waals surface area contributed by atoms with Crippen LogP contribution in [0.4, 0.5) is 5.69 Å². The fourth-order valence-corrected chi connectivity index (χ4v) is 3.38. The normalized spacial score (nSPS) is 22.9. The number of nitrogens with two attached hydrogens (primary N) is 1. The molecule has 1 aromatic carbocycles. The Bertz CT molecular complexity index is 601. The molecule has 2 amide bonds. The van der Waals surface area contributed by atoms with Gasteiger partial charge in [0.15, 0.2) is 0 Å². The molecule has 1 heterocycles. The number of carbonyl (C=O) groups is 2. The van der Waals surface area contributed by atoms with Crippen molar-refractivity contribution in [3.63, 3.8) is 0 Å². The summed E-state index contributed by atoms with van der Waals surface area (Å²) in [5, 5.41) is 2.92. The van der Waals surface area contributed by atoms with Gasteiger partial charge in [0.05, 0.1) is 6.42 Å². The number of benzene rings is 1. The molecule has 3 N–H and O–H groups in total. The van der Waals surface area contributed by atoms with Crippen LogP contribution < -0.4 is 11.1 Å². The monoisotopic (exact) mass is 365 g/mol. The van der Waals surface area contributed by atoms with Crippen molar-refractivity contribution < 1.29 is 9.59 Å². The smallest absolute Gasteiger partial charge is 0.227 e. The summed E-state index contributed by atoms with van der Waals surface area (Å²) in [7, 11) is 0. The van der Waals surface area contributed by atoms with Gasteiger partial charge in [-0.05, 0) is 49.3 Å². The van der Waals surface area contributed by atoms with E-state index in [1.165, 1.54) is 0 Å². The summed E-state index contributed by atoms with van der Waals surface area (Å²) in [6.07, 6.45) is 4.43. The van der Waals surface area contributed by atoms with E-state index in [2.05, 4.69) is 12.2 Å². The van der Waals surface area contributed by atoms with Gasteiger partial charge in [-0.3, -0.25) is 9.59 Å². The third-order valence-corrected chi connectivity index (χ3v) is 5.10. The summed E-state index contributed by atoms with van der Waals surface area (Å²) >= 11 is 0. The number of hydrogen-bond donors (Lipinski definition) is 2. The summed E-state index contributed by atoms with van der Waals surface area (Å²) in [6.45, 7) is 3.55. The number of rotatable bonds is 5. The zero-order valence-electron chi connectivity index (χ0n) is 14.7. The van der Waals surface area contributed by atoms with Gasteiger partial charge in [-0.1, -0.05) is 19.1 Å². The highest BCUT2D eigenvalue weighted by atomic mass is 35.5. The standard InChI is InChI=1S/C19H27N3O2.ClH/c1-13-8-9-22(17(10-13)12-20)18(23)11-14-2-6-16(7-3-14)21-19(24)15-4-5-15;/h2-3,6-7,13,15,17H,4-5,8-12,20H2,1H3,(H,21,24);1H. The molecule has 1 saturated carbocycles. The van der Waals surface area contributed by atoms with E-state index < -0.39 is 0 Å². The van der Waals surface area contributed by atoms with Crippen molar-refractivity contribution in [3.8, 4) is 0 Å². The van der Waals surface area contributed by atoms with Crippen molar-refractivity contribution in [2.45, 2.75) is 45.1 Å². The lowest BCUT2D eigenvalue weighted by atomic mass is 9.92. The van der Waals surface area contributed by atoms with Gasteiger partial charge in [0.2, 0.25) is 11.8 Å². The Morgan fingerprint density at radius 3 is 2.48 bits per heavy atom. The highest BCUT2D eigenvalue weighted by Gasteiger charge is 2.30. The first kappa shape index (κ1) is 19.7. The first-order valence-corrected chi connectivity index (χ1v) is 8.96. The molecule has 0 spiro atoms. The van der Waals surface area contributed by atoms with E-state index in [0.717, 1.165) is 43.5 Å². The number of piperidine rings is 1. The quantitative estimate of drug-likeness (QED) is 0.842. The second-order valence-electron chi connectivity index (χ2n) is 7.24. The van der Waals surface area contributed by atoms with E-state index in [-0.39, 0.29) is 36.2 Å². The molecule has 2 fully saturated rings. The van der Waals surface area contributed by atoms with Crippen molar-refractivity contribution in [1.29, 1.82) is 0 Å². The van der Waals surface area contributed by atoms with Crippen LogP contribution >= 0.6 is 12.4 Å². The van der Waals surface area contributed by atoms with E-state index in [1.807, 2.05) is 29.2 Å². The minimum Gasteiger partial charge on any atom is -0.338 e. The number of nitrogens with one attached hydrogen (secondary N) is 1. The SMILES string of the molecule is CC1CCN(C(=O)Cc2ccc(NC(=O)C3CC3)cc2)C(CN)C1.Cl. The lowest BCUT2D eigenvalue weighted by molar-refractivity contribution is -0.134. The van der Waals surface area contributed by atoms with Crippen LogP contribution in [-0.4, -0.2) is 35.8 Å². The third-order valence-electron chi connectivity index (χ3n) is 5.10. The Morgan fingerprint density at radius 1 is 1.20 bits per heavy atom. The number of nitrogens with zero attached hydrogens (tertiary/aromatic N) is 1. The van der Waals surface area contributed by atoms with Crippen molar-refractivity contribution in [1.82, 2.24) is 4.90 Å². The molecule has 3 rings (SSSR count). The van der Waals surface area contributed by atoms with Gasteiger partial charge in [0, 0.05) is 30.7 Å². The maximum atomic E-state index is 12.6. The lowest BCUT2D eigenvalue weighted by Gasteiger charge is -2.38. The molecular formula is C19H28ClN3O2. The topological polar surface area (TPSA) is 75.4 Å². The van der Waals surface area contributed by atoms with Gasteiger partial charge < -0.3 is 16.0 Å². The first-order valence-electron chi connectivity index (χ1n) is 8.96. The summed E-state index contributed by atoms with van der Waals surface area (Å²) in [5.41, 5.74) is 7.62. The van der Waals surface area contributed by atoms with Gasteiger partial charge in [-0.2, -0.15) is 0 Å². The van der Waals surface area contributed by atoms with Crippen molar-refractivity contribution >= 4 is 29.9 Å². The van der Waals surface area contributed by atoms with Crippen LogP contribution in [0, 0.1) is 11.8 Å². The Kier molecular flexibility index (Phi) is 6.85. The molecular weight excluding hydrogens is 338 g/mol. The maximum absolute atomic E-state index is 12.6. The van der Waals surface area contributed by atoms with Crippen LogP contribution in [0.2, 0.25) is 0 Å². The number of likely N-dealkylation sites (tertiary alicyclic amines) is 1. The summed E-state index contributed by atoms with van der Waals surface area (Å²) < 4.78 is 0. The van der Waals surface area contributed by atoms with Gasteiger partial charge in [0.1, 0.15) is 0 Å². The van der Waals surface area contributed by atoms with E-state index >= 15 is 0 Å². The van der Waals surface area contributed by atoms with Crippen molar-refractivity contribution in [3.05, 3.63) is 29.8 Å². The molecule has 1 saturated heterocycles. The summed E-state index contributed by atoms with van der Waals surface area (Å²) in [5.74, 6) is 1.08. The molecule has 2 aliphatic rings. The van der Waals surface area contributed by atoms with E-state index in [1.54, 1.807) is 0 Å². The van der Waals surface area contributed by atoms with Crippen molar-refractivity contribution in [2.24, 2.45) is 17.6 Å². The number of amides is 2. The summed E-state index contributed by atoms with van der Waals surface area (Å²) in [6, 6.07) is 7.76. The second-order valence-corrected chi connectivity index (χ2v) is 7.24. The van der Waals surface area contributed by atoms with Gasteiger partial charge in [-0.25, -0.2) is 0 Å². The summed E-state index contributed by atoms with van der Waals surface area (Å²) in [4.78, 5) is 26.3. The van der Waals surface area contributed by atoms with Gasteiger partial charge in [-0.15, -0.1) is 12.4 Å². The lowest BCUT2D eigenvalue weighted by Crippen LogP contribution is -2.49. The first-order chi connectivity index (χ1) is 11.6. The fraction of sp³-hybridized carbons (Fsp3) is 0.579. The molecule has 1 aliphatic heterocycles. The Hall–Kier alpha value is -1.59. The Labute approximate surface area is 155 Å². The molecule has 6 heteroatoms. The third kappa shape index (κ3) is 5.19. The fourth-order valence-electron chi connectivity index (χ4n) is 3.38. The van der Waals surface area contributed by atoms with Gasteiger partial charge in [0.25, 0.3) is 0 Å². The number of carbonyl (C=O) groups excluding carboxylic acids is 2. The second kappa shape index (κ2) is 8.68. The molecule has 25 heavy (non-hydrogen) atoms. The Balaban J connectivity index is 0.00000225. The zero-order chi connectivity index (χ0) is 17.1. The van der Waals surface area contributed by atoms with Crippen LogP contribution in [-0.2, 0) is 16.0 Å². The molecule has 1 aromatic rings. The largest absolute Gasteiger partial charge is 0.338 e. The molecule has 2 atom stereocenters. The minimum absolute atomic E-state index is 0. The van der Waals surface area contributed by atoms with E-state index in [0.29, 0.717) is 18.9 Å². The predicted octanol–water partition coefficient (Wildman–Crippen LogP) is 2.59. The van der Waals surface area contributed by atoms with Gasteiger partial charge >= 0.3 is 0 Å². The highest BCUT2D eigenvalue weighted by Crippen LogP contribution is 2.30. The average Bonchev–Trinajstić information content (AvgIpc) is 3.41. The van der Waals surface area contributed by atoms with Crippen molar-refractivity contribution in [2.75, 3.05) is 18.4 Å². The minimum atomic E-state index is 0. The number of hydrogen-bond acceptors (Lipinski definition) is 3. The van der Waals surface area contributed by atoms with Crippen LogP contribution in [0.1, 0.15) is 38.2 Å². The van der Waals surface area contributed by atoms with E-state index in [4.69, 9.17) is 5.73 Å². The molecule has 138 valence electrons. The molecule has 0 bridgehead atoms. The number of anilines is 1. The van der Waals surface area contributed by atoms with E-state index in [9.17, 15) is 9.59 Å². The van der Waals surface area contributed by atoms with Crippen LogP contribution in [0.3, 0.4) is 0 Å². The van der Waals surface area contributed by atoms with Crippen LogP contribution in [0.5, 0.6) is 0 Å². The zero-order valence-corrected chi connectivity index (χ0v) is 15.6. The van der Waals surface area contributed by atoms with Crippen LogP contribution in [0.15, 0.2) is 24.3 Å². The maximum Gasteiger partial charge on any atom is 0.227 e.